The third-order valence-corrected chi connectivity index (χ3v) is 5.65. The predicted molar refractivity (Wildman–Crippen MR) is 125 cm³/mol. The number of aryl methyl sites for hydroxylation is 1. The first kappa shape index (κ1) is 22.0. The van der Waals surface area contributed by atoms with E-state index in [-0.39, 0.29) is 34.6 Å². The van der Waals surface area contributed by atoms with Crippen LogP contribution in [-0.2, 0) is 6.61 Å². The molecular formula is C25H22ClFN2O3. The predicted octanol–water partition coefficient (Wildman–Crippen LogP) is 5.93. The van der Waals surface area contributed by atoms with Gasteiger partial charge in [-0.05, 0) is 56.7 Å². The van der Waals surface area contributed by atoms with E-state index < -0.39 is 5.82 Å². The van der Waals surface area contributed by atoms with Gasteiger partial charge in [-0.15, -0.1) is 0 Å². The van der Waals surface area contributed by atoms with Crippen LogP contribution in [-0.4, -0.2) is 10.1 Å². The molecule has 0 amide bonds. The Hall–Kier alpha value is -3.22. The number of halogens is 2. The number of nitrogens with one attached hydrogen (secondary N) is 1. The highest BCUT2D eigenvalue weighted by Crippen LogP contribution is 2.33. The van der Waals surface area contributed by atoms with Crippen LogP contribution >= 0.6 is 11.6 Å². The molecule has 0 radical (unpaired) electrons. The van der Waals surface area contributed by atoms with Crippen molar-refractivity contribution >= 4 is 28.3 Å². The maximum atomic E-state index is 14.5. The van der Waals surface area contributed by atoms with Crippen molar-refractivity contribution in [3.8, 4) is 11.3 Å². The van der Waals surface area contributed by atoms with Gasteiger partial charge in [0.2, 0.25) is 0 Å². The second kappa shape index (κ2) is 8.73. The average molecular weight is 453 g/mol. The largest absolute Gasteiger partial charge is 0.455 e. The van der Waals surface area contributed by atoms with Gasteiger partial charge < -0.3 is 14.8 Å². The fourth-order valence-electron chi connectivity index (χ4n) is 3.83. The maximum Gasteiger partial charge on any atom is 0.196 e. The van der Waals surface area contributed by atoms with E-state index in [4.69, 9.17) is 16.0 Å². The summed E-state index contributed by atoms with van der Waals surface area (Å²) < 4.78 is 20.7. The van der Waals surface area contributed by atoms with Crippen LogP contribution < -0.4 is 10.7 Å². The number of aliphatic hydroxyl groups is 1. The lowest BCUT2D eigenvalue weighted by atomic mass is 9.98. The molecule has 5 nitrogen and oxygen atoms in total. The zero-order chi connectivity index (χ0) is 23.0. The molecule has 32 heavy (non-hydrogen) atoms. The minimum Gasteiger partial charge on any atom is -0.455 e. The van der Waals surface area contributed by atoms with E-state index in [1.54, 1.807) is 43.3 Å². The van der Waals surface area contributed by atoms with Gasteiger partial charge in [0.1, 0.15) is 22.3 Å². The van der Waals surface area contributed by atoms with Crippen LogP contribution in [0.2, 0.25) is 5.15 Å². The summed E-state index contributed by atoms with van der Waals surface area (Å²) in [6.07, 6.45) is 0. The van der Waals surface area contributed by atoms with Crippen LogP contribution in [0.1, 0.15) is 35.3 Å². The lowest BCUT2D eigenvalue weighted by Crippen LogP contribution is -2.13. The molecule has 1 unspecified atom stereocenters. The molecule has 0 aliphatic carbocycles. The molecule has 1 atom stereocenters. The highest BCUT2D eigenvalue weighted by atomic mass is 35.5. The molecule has 4 rings (SSSR count). The standard InChI is InChI=1S/C25H22ClFN2O3/c1-13-10-17(15(3)28-20-8-9-22(26)29-21(20)12-30)25-18(11-13)23(31)14(2)24(32-25)16-6-4-5-7-19(16)27/h4-11,15,28,30H,12H2,1-3H3. The number of aromatic nitrogens is 1. The zero-order valence-electron chi connectivity index (χ0n) is 17.9. The number of aliphatic hydroxyl groups excluding tert-OH is 1. The van der Waals surface area contributed by atoms with E-state index >= 15 is 0 Å². The quantitative estimate of drug-likeness (QED) is 0.367. The molecule has 2 aromatic carbocycles. The minimum absolute atomic E-state index is 0.203. The minimum atomic E-state index is -0.460. The van der Waals surface area contributed by atoms with Crippen molar-refractivity contribution < 1.29 is 13.9 Å². The number of benzene rings is 2. The summed E-state index contributed by atoms with van der Waals surface area (Å²) in [6, 6.07) is 13.0. The fourth-order valence-corrected chi connectivity index (χ4v) is 3.99. The van der Waals surface area contributed by atoms with Gasteiger partial charge >= 0.3 is 0 Å². The molecule has 0 aliphatic heterocycles. The van der Waals surface area contributed by atoms with E-state index in [0.29, 0.717) is 27.9 Å². The molecule has 0 saturated carbocycles. The van der Waals surface area contributed by atoms with Gasteiger partial charge in [-0.25, -0.2) is 9.37 Å². The molecule has 0 saturated heterocycles. The summed E-state index contributed by atoms with van der Waals surface area (Å²) in [5.41, 5.74) is 3.41. The van der Waals surface area contributed by atoms with Crippen LogP contribution in [0.4, 0.5) is 10.1 Å². The Morgan fingerprint density at radius 1 is 1.19 bits per heavy atom. The summed E-state index contributed by atoms with van der Waals surface area (Å²) in [5.74, 6) is -0.250. The smallest absolute Gasteiger partial charge is 0.196 e. The van der Waals surface area contributed by atoms with Crippen LogP contribution in [0.3, 0.4) is 0 Å². The first-order valence-electron chi connectivity index (χ1n) is 10.2. The molecule has 2 N–H and O–H groups in total. The Morgan fingerprint density at radius 3 is 2.66 bits per heavy atom. The number of pyridine rings is 1. The lowest BCUT2D eigenvalue weighted by molar-refractivity contribution is 0.277. The molecule has 0 aliphatic rings. The van der Waals surface area contributed by atoms with Crippen molar-refractivity contribution in [2.75, 3.05) is 5.32 Å². The van der Waals surface area contributed by atoms with Gasteiger partial charge in [-0.3, -0.25) is 4.79 Å². The molecule has 2 heterocycles. The fraction of sp³-hybridized carbons (Fsp3) is 0.200. The third kappa shape index (κ3) is 3.99. The van der Waals surface area contributed by atoms with Crippen molar-refractivity contribution in [2.24, 2.45) is 0 Å². The Labute approximate surface area is 189 Å². The average Bonchev–Trinajstić information content (AvgIpc) is 2.77. The van der Waals surface area contributed by atoms with E-state index in [0.717, 1.165) is 11.1 Å². The second-order valence-electron chi connectivity index (χ2n) is 7.75. The maximum absolute atomic E-state index is 14.5. The molecule has 164 valence electrons. The van der Waals surface area contributed by atoms with Gasteiger partial charge in [-0.1, -0.05) is 29.8 Å². The lowest BCUT2D eigenvalue weighted by Gasteiger charge is -2.20. The third-order valence-electron chi connectivity index (χ3n) is 5.44. The summed E-state index contributed by atoms with van der Waals surface area (Å²) >= 11 is 5.94. The van der Waals surface area contributed by atoms with Crippen molar-refractivity contribution in [1.82, 2.24) is 4.98 Å². The molecule has 0 bridgehead atoms. The molecular weight excluding hydrogens is 431 g/mol. The first-order chi connectivity index (χ1) is 15.3. The topological polar surface area (TPSA) is 75.4 Å². The number of anilines is 1. The number of hydrogen-bond acceptors (Lipinski definition) is 5. The molecule has 7 heteroatoms. The van der Waals surface area contributed by atoms with Gasteiger partial charge in [0, 0.05) is 11.1 Å². The van der Waals surface area contributed by atoms with Gasteiger partial charge in [0.15, 0.2) is 5.43 Å². The highest BCUT2D eigenvalue weighted by molar-refractivity contribution is 6.29. The summed E-state index contributed by atoms with van der Waals surface area (Å²) in [4.78, 5) is 17.3. The van der Waals surface area contributed by atoms with E-state index in [2.05, 4.69) is 10.3 Å². The highest BCUT2D eigenvalue weighted by Gasteiger charge is 2.20. The van der Waals surface area contributed by atoms with Crippen LogP contribution in [0.5, 0.6) is 0 Å². The van der Waals surface area contributed by atoms with E-state index in [1.165, 1.54) is 6.07 Å². The Bertz CT molecular complexity index is 1380. The van der Waals surface area contributed by atoms with Crippen molar-refractivity contribution in [1.29, 1.82) is 0 Å². The normalized spacial score (nSPS) is 12.2. The Kier molecular flexibility index (Phi) is 6.00. The monoisotopic (exact) mass is 452 g/mol. The van der Waals surface area contributed by atoms with Crippen molar-refractivity contribution in [3.63, 3.8) is 0 Å². The molecule has 0 fully saturated rings. The van der Waals surface area contributed by atoms with E-state index in [1.807, 2.05) is 19.9 Å². The first-order valence-corrected chi connectivity index (χ1v) is 10.5. The summed E-state index contributed by atoms with van der Waals surface area (Å²) in [7, 11) is 0. The summed E-state index contributed by atoms with van der Waals surface area (Å²) in [5, 5.41) is 13.7. The van der Waals surface area contributed by atoms with Crippen LogP contribution in [0, 0.1) is 19.7 Å². The SMILES string of the molecule is Cc1cc(C(C)Nc2ccc(Cl)nc2CO)c2oc(-c3ccccc3F)c(C)c(=O)c2c1. The van der Waals surface area contributed by atoms with Crippen LogP contribution in [0.25, 0.3) is 22.3 Å². The van der Waals surface area contributed by atoms with Gasteiger partial charge in [0.05, 0.1) is 35.0 Å². The second-order valence-corrected chi connectivity index (χ2v) is 8.14. The Morgan fingerprint density at radius 2 is 1.94 bits per heavy atom. The molecule has 2 aromatic heterocycles. The summed E-state index contributed by atoms with van der Waals surface area (Å²) in [6.45, 7) is 5.17. The van der Waals surface area contributed by atoms with Crippen LogP contribution in [0.15, 0.2) is 57.7 Å². The zero-order valence-corrected chi connectivity index (χ0v) is 18.6. The number of nitrogens with zero attached hydrogens (tertiary/aromatic N) is 1. The van der Waals surface area contributed by atoms with Crippen molar-refractivity contribution in [2.45, 2.75) is 33.4 Å². The Balaban J connectivity index is 1.90. The number of fused-ring (bicyclic) bond motifs is 1. The van der Waals surface area contributed by atoms with Gasteiger partial charge in [0.25, 0.3) is 0 Å². The molecule has 0 spiro atoms. The number of hydrogen-bond donors (Lipinski definition) is 2. The van der Waals surface area contributed by atoms with Gasteiger partial charge in [-0.2, -0.15) is 0 Å². The van der Waals surface area contributed by atoms with E-state index in [9.17, 15) is 14.3 Å². The molecule has 4 aromatic rings. The van der Waals surface area contributed by atoms with Crippen molar-refractivity contribution in [3.05, 3.63) is 92.1 Å². The number of rotatable bonds is 5.